The molecule has 0 spiro atoms. The maximum Gasteiger partial charge on any atom is 0.0793 e. The van der Waals surface area contributed by atoms with Gasteiger partial charge in [-0.2, -0.15) is 0 Å². The van der Waals surface area contributed by atoms with Crippen LogP contribution in [0.3, 0.4) is 0 Å². The highest BCUT2D eigenvalue weighted by Crippen LogP contribution is 2.18. The molecule has 0 unspecified atom stereocenters. The second kappa shape index (κ2) is 5.25. The van der Waals surface area contributed by atoms with Crippen molar-refractivity contribution in [1.29, 1.82) is 0 Å². The molecule has 2 rings (SSSR count). The van der Waals surface area contributed by atoms with Gasteiger partial charge in [-0.25, -0.2) is 0 Å². The first-order valence-corrected chi connectivity index (χ1v) is 5.57. The molecular weight excluding hydrogens is 212 g/mol. The summed E-state index contributed by atoms with van der Waals surface area (Å²) < 4.78 is 0. The van der Waals surface area contributed by atoms with Crippen molar-refractivity contribution < 1.29 is 5.21 Å². The van der Waals surface area contributed by atoms with E-state index in [0.29, 0.717) is 12.1 Å². The smallest absolute Gasteiger partial charge is 0.0793 e. The highest BCUT2D eigenvalue weighted by molar-refractivity contribution is 6.00. The van der Waals surface area contributed by atoms with Gasteiger partial charge in [-0.05, 0) is 17.9 Å². The standard InChI is InChI=1S/C14H14N2O/c1-2-13(16-17)8-7-12-10-15-9-11-5-3-4-6-14(11)12/h3-10,17H,2H2,1H3. The molecule has 1 N–H and O–H groups in total. The highest BCUT2D eigenvalue weighted by atomic mass is 16.4. The van der Waals surface area contributed by atoms with Gasteiger partial charge in [-0.15, -0.1) is 0 Å². The molecule has 0 bridgehead atoms. The quantitative estimate of drug-likeness (QED) is 0.494. The second-order valence-electron chi connectivity index (χ2n) is 3.73. The number of pyridine rings is 1. The Kier molecular flexibility index (Phi) is 3.50. The van der Waals surface area contributed by atoms with Gasteiger partial charge < -0.3 is 5.21 Å². The van der Waals surface area contributed by atoms with Crippen LogP contribution in [0.4, 0.5) is 0 Å². The van der Waals surface area contributed by atoms with Gasteiger partial charge in [-0.3, -0.25) is 4.98 Å². The van der Waals surface area contributed by atoms with Crippen LogP contribution in [0.25, 0.3) is 16.8 Å². The molecule has 0 saturated heterocycles. The Morgan fingerprint density at radius 2 is 2.18 bits per heavy atom. The van der Waals surface area contributed by atoms with Gasteiger partial charge in [0.2, 0.25) is 0 Å². The molecule has 0 saturated carbocycles. The predicted octanol–water partition coefficient (Wildman–Crippen LogP) is 3.49. The van der Waals surface area contributed by atoms with Crippen molar-refractivity contribution in [3.8, 4) is 0 Å². The fourth-order valence-electron chi connectivity index (χ4n) is 1.68. The first-order valence-electron chi connectivity index (χ1n) is 5.57. The molecule has 17 heavy (non-hydrogen) atoms. The van der Waals surface area contributed by atoms with Crippen LogP contribution in [0.5, 0.6) is 0 Å². The fraction of sp³-hybridized carbons (Fsp3) is 0.143. The van der Waals surface area contributed by atoms with Gasteiger partial charge >= 0.3 is 0 Å². The molecular formula is C14H14N2O. The summed E-state index contributed by atoms with van der Waals surface area (Å²) in [5, 5.41) is 14.2. The number of hydrogen-bond acceptors (Lipinski definition) is 3. The molecule has 0 aliphatic heterocycles. The predicted molar refractivity (Wildman–Crippen MR) is 70.3 cm³/mol. The average molecular weight is 226 g/mol. The first kappa shape index (κ1) is 11.3. The molecule has 1 aromatic carbocycles. The molecule has 0 amide bonds. The first-order chi connectivity index (χ1) is 8.35. The van der Waals surface area contributed by atoms with E-state index in [4.69, 9.17) is 5.21 Å². The summed E-state index contributed by atoms with van der Waals surface area (Å²) in [4.78, 5) is 4.19. The third-order valence-corrected chi connectivity index (χ3v) is 2.64. The van der Waals surface area contributed by atoms with Gasteiger partial charge in [0.25, 0.3) is 0 Å². The second-order valence-corrected chi connectivity index (χ2v) is 3.73. The normalized spacial score (nSPS) is 12.4. The van der Waals surface area contributed by atoms with Crippen molar-refractivity contribution in [2.45, 2.75) is 13.3 Å². The summed E-state index contributed by atoms with van der Waals surface area (Å²) in [6.45, 7) is 1.95. The molecule has 0 aliphatic rings. The van der Waals surface area contributed by atoms with Gasteiger partial charge in [0.05, 0.1) is 5.71 Å². The van der Waals surface area contributed by atoms with Gasteiger partial charge in [-0.1, -0.05) is 42.4 Å². The lowest BCUT2D eigenvalue weighted by Gasteiger charge is -2.00. The van der Waals surface area contributed by atoms with Crippen LogP contribution in [-0.4, -0.2) is 15.9 Å². The van der Waals surface area contributed by atoms with Crippen LogP contribution in [0.1, 0.15) is 18.9 Å². The average Bonchev–Trinajstić information content (AvgIpc) is 2.40. The largest absolute Gasteiger partial charge is 0.411 e. The van der Waals surface area contributed by atoms with E-state index in [1.165, 1.54) is 0 Å². The van der Waals surface area contributed by atoms with Gasteiger partial charge in [0, 0.05) is 23.3 Å². The minimum absolute atomic E-state index is 0.651. The Morgan fingerprint density at radius 1 is 1.35 bits per heavy atom. The summed E-state index contributed by atoms with van der Waals surface area (Å²) in [5.41, 5.74) is 1.68. The van der Waals surface area contributed by atoms with E-state index >= 15 is 0 Å². The lowest BCUT2D eigenvalue weighted by molar-refractivity contribution is 0.318. The number of hydrogen-bond donors (Lipinski definition) is 1. The van der Waals surface area contributed by atoms with E-state index in [1.807, 2.05) is 49.7 Å². The minimum atomic E-state index is 0.651. The Balaban J connectivity index is 2.43. The topological polar surface area (TPSA) is 45.5 Å². The van der Waals surface area contributed by atoms with Crippen molar-refractivity contribution in [3.63, 3.8) is 0 Å². The number of fused-ring (bicyclic) bond motifs is 1. The number of nitrogens with zero attached hydrogens (tertiary/aromatic N) is 2. The summed E-state index contributed by atoms with van der Waals surface area (Å²) >= 11 is 0. The van der Waals surface area contributed by atoms with Crippen LogP contribution < -0.4 is 0 Å². The molecule has 0 aliphatic carbocycles. The van der Waals surface area contributed by atoms with E-state index in [-0.39, 0.29) is 0 Å². The van der Waals surface area contributed by atoms with Crippen molar-refractivity contribution in [2.24, 2.45) is 5.16 Å². The Bertz CT molecular complexity index is 568. The molecule has 3 nitrogen and oxygen atoms in total. The molecule has 1 aromatic heterocycles. The maximum absolute atomic E-state index is 8.74. The van der Waals surface area contributed by atoms with Crippen molar-refractivity contribution >= 4 is 22.6 Å². The summed E-state index contributed by atoms with van der Waals surface area (Å²) in [7, 11) is 0. The number of oxime groups is 1. The van der Waals surface area contributed by atoms with Crippen LogP contribution in [0.15, 0.2) is 47.9 Å². The lowest BCUT2D eigenvalue weighted by Crippen LogP contribution is -1.89. The summed E-state index contributed by atoms with van der Waals surface area (Å²) in [6, 6.07) is 8.07. The Hall–Kier alpha value is -2.16. The number of rotatable bonds is 3. The number of aromatic nitrogens is 1. The van der Waals surface area contributed by atoms with Crippen molar-refractivity contribution in [1.82, 2.24) is 4.98 Å². The van der Waals surface area contributed by atoms with Gasteiger partial charge in [0.15, 0.2) is 0 Å². The van der Waals surface area contributed by atoms with Crippen LogP contribution in [0, 0.1) is 0 Å². The Labute approximate surface area is 100 Å². The van der Waals surface area contributed by atoms with E-state index in [9.17, 15) is 0 Å². The minimum Gasteiger partial charge on any atom is -0.411 e. The molecule has 86 valence electrons. The molecule has 0 fully saturated rings. The van der Waals surface area contributed by atoms with Crippen molar-refractivity contribution in [2.75, 3.05) is 0 Å². The number of benzene rings is 1. The van der Waals surface area contributed by atoms with Gasteiger partial charge in [0.1, 0.15) is 0 Å². The van der Waals surface area contributed by atoms with Crippen LogP contribution in [-0.2, 0) is 0 Å². The van der Waals surface area contributed by atoms with Crippen LogP contribution >= 0.6 is 0 Å². The fourth-order valence-corrected chi connectivity index (χ4v) is 1.68. The zero-order valence-electron chi connectivity index (χ0n) is 9.67. The molecule has 2 aromatic rings. The monoisotopic (exact) mass is 226 g/mol. The molecule has 0 atom stereocenters. The lowest BCUT2D eigenvalue weighted by atomic mass is 10.1. The molecule has 0 radical (unpaired) electrons. The molecule has 3 heteroatoms. The van der Waals surface area contributed by atoms with E-state index in [1.54, 1.807) is 0 Å². The maximum atomic E-state index is 8.74. The molecule has 1 heterocycles. The number of allylic oxidation sites excluding steroid dienone is 1. The summed E-state index contributed by atoms with van der Waals surface area (Å²) in [6.07, 6.45) is 8.08. The SMILES string of the molecule is CCC(C=Cc1cncc2ccccc12)=NO. The third kappa shape index (κ3) is 2.50. The third-order valence-electron chi connectivity index (χ3n) is 2.64. The zero-order valence-corrected chi connectivity index (χ0v) is 9.67. The van der Waals surface area contributed by atoms with Crippen LogP contribution in [0.2, 0.25) is 0 Å². The van der Waals surface area contributed by atoms with E-state index < -0.39 is 0 Å². The van der Waals surface area contributed by atoms with E-state index in [0.717, 1.165) is 16.3 Å². The van der Waals surface area contributed by atoms with Crippen molar-refractivity contribution in [3.05, 3.63) is 48.3 Å². The Morgan fingerprint density at radius 3 is 2.94 bits per heavy atom. The zero-order chi connectivity index (χ0) is 12.1. The summed E-state index contributed by atoms with van der Waals surface area (Å²) in [5.74, 6) is 0. The highest BCUT2D eigenvalue weighted by Gasteiger charge is 1.97. The van der Waals surface area contributed by atoms with E-state index in [2.05, 4.69) is 16.2 Å².